The maximum absolute atomic E-state index is 12.1. The molecule has 3 N–H and O–H groups in total. The summed E-state index contributed by atoms with van der Waals surface area (Å²) in [7, 11) is 0. The van der Waals surface area contributed by atoms with E-state index in [-0.39, 0.29) is 17.9 Å². The van der Waals surface area contributed by atoms with Crippen LogP contribution >= 0.6 is 0 Å². The van der Waals surface area contributed by atoms with Crippen molar-refractivity contribution in [3.63, 3.8) is 0 Å². The van der Waals surface area contributed by atoms with Crippen molar-refractivity contribution in [1.82, 2.24) is 5.32 Å². The van der Waals surface area contributed by atoms with Gasteiger partial charge in [0.1, 0.15) is 0 Å². The zero-order valence-electron chi connectivity index (χ0n) is 12.1. The van der Waals surface area contributed by atoms with E-state index in [0.29, 0.717) is 13.0 Å². The third kappa shape index (κ3) is 3.36. The molecule has 2 aromatic carbocycles. The number of hydrogen-bond donors (Lipinski definition) is 2. The van der Waals surface area contributed by atoms with Gasteiger partial charge in [-0.25, -0.2) is 0 Å². The van der Waals surface area contributed by atoms with Crippen LogP contribution in [0.5, 0.6) is 0 Å². The molecule has 0 spiro atoms. The Morgan fingerprint density at radius 2 is 1.85 bits per heavy atom. The molecule has 0 saturated carbocycles. The fraction of sp³-hybridized carbons (Fsp3) is 0.353. The monoisotopic (exact) mass is 270 g/mol. The van der Waals surface area contributed by atoms with E-state index in [9.17, 15) is 4.79 Å². The number of hydrogen-bond acceptors (Lipinski definition) is 2. The Morgan fingerprint density at radius 3 is 2.55 bits per heavy atom. The quantitative estimate of drug-likeness (QED) is 0.877. The van der Waals surface area contributed by atoms with Crippen LogP contribution in [-0.2, 0) is 11.2 Å². The molecule has 3 nitrogen and oxygen atoms in total. The zero-order chi connectivity index (χ0) is 14.5. The van der Waals surface area contributed by atoms with Gasteiger partial charge >= 0.3 is 0 Å². The summed E-state index contributed by atoms with van der Waals surface area (Å²) >= 11 is 0. The summed E-state index contributed by atoms with van der Waals surface area (Å²) in [4.78, 5) is 12.1. The van der Waals surface area contributed by atoms with Crippen molar-refractivity contribution < 1.29 is 4.79 Å². The van der Waals surface area contributed by atoms with Crippen LogP contribution in [0.2, 0.25) is 0 Å². The molecule has 3 heteroatoms. The summed E-state index contributed by atoms with van der Waals surface area (Å²) in [5.74, 6) is -0.140. The number of amides is 1. The summed E-state index contributed by atoms with van der Waals surface area (Å²) in [5.41, 5.74) is 6.96. The van der Waals surface area contributed by atoms with Gasteiger partial charge in [-0.3, -0.25) is 4.79 Å². The zero-order valence-corrected chi connectivity index (χ0v) is 12.1. The standard InChI is InChI=1S/C17H22N2O/c1-12(2)19-17(20)15(11-18)10-14-8-5-7-13-6-3-4-9-16(13)14/h3-9,12,15H,10-11,18H2,1-2H3,(H,19,20). The minimum Gasteiger partial charge on any atom is -0.354 e. The highest BCUT2D eigenvalue weighted by Gasteiger charge is 2.18. The van der Waals surface area contributed by atoms with Gasteiger partial charge in [0.2, 0.25) is 5.91 Å². The van der Waals surface area contributed by atoms with Crippen molar-refractivity contribution in [3.05, 3.63) is 48.0 Å². The molecule has 0 bridgehead atoms. The number of nitrogens with two attached hydrogens (primary N) is 1. The molecular formula is C17H22N2O. The Labute approximate surface area is 120 Å². The Bertz CT molecular complexity index is 587. The van der Waals surface area contributed by atoms with Crippen molar-refractivity contribution in [2.24, 2.45) is 11.7 Å². The molecule has 1 atom stereocenters. The van der Waals surface area contributed by atoms with Crippen molar-refractivity contribution in [2.75, 3.05) is 6.54 Å². The molecule has 0 heterocycles. The molecule has 0 aliphatic carbocycles. The second-order valence-corrected chi connectivity index (χ2v) is 5.44. The summed E-state index contributed by atoms with van der Waals surface area (Å²) in [5, 5.41) is 5.34. The Balaban J connectivity index is 2.23. The molecule has 0 radical (unpaired) electrons. The van der Waals surface area contributed by atoms with Crippen molar-refractivity contribution in [1.29, 1.82) is 0 Å². The molecule has 0 aromatic heterocycles. The van der Waals surface area contributed by atoms with Gasteiger partial charge in [-0.05, 0) is 36.6 Å². The third-order valence-electron chi connectivity index (χ3n) is 3.43. The molecule has 2 aromatic rings. The fourth-order valence-electron chi connectivity index (χ4n) is 2.42. The van der Waals surface area contributed by atoms with Gasteiger partial charge in [0.05, 0.1) is 5.92 Å². The van der Waals surface area contributed by atoms with Gasteiger partial charge in [-0.1, -0.05) is 42.5 Å². The van der Waals surface area contributed by atoms with E-state index in [2.05, 4.69) is 29.6 Å². The number of fused-ring (bicyclic) bond motifs is 1. The van der Waals surface area contributed by atoms with E-state index >= 15 is 0 Å². The van der Waals surface area contributed by atoms with Crippen molar-refractivity contribution in [3.8, 4) is 0 Å². The molecule has 1 amide bonds. The van der Waals surface area contributed by atoms with Crippen LogP contribution in [0.4, 0.5) is 0 Å². The number of rotatable bonds is 5. The molecule has 0 fully saturated rings. The highest BCUT2D eigenvalue weighted by molar-refractivity contribution is 5.87. The van der Waals surface area contributed by atoms with Crippen LogP contribution in [0, 0.1) is 5.92 Å². The molecule has 1 unspecified atom stereocenters. The second-order valence-electron chi connectivity index (χ2n) is 5.44. The highest BCUT2D eigenvalue weighted by atomic mass is 16.1. The molecule has 2 rings (SSSR count). The molecule has 0 saturated heterocycles. The van der Waals surface area contributed by atoms with Gasteiger partial charge in [0.25, 0.3) is 0 Å². The maximum Gasteiger partial charge on any atom is 0.224 e. The summed E-state index contributed by atoms with van der Waals surface area (Å²) in [6, 6.07) is 14.6. The Morgan fingerprint density at radius 1 is 1.15 bits per heavy atom. The van der Waals surface area contributed by atoms with Crippen molar-refractivity contribution in [2.45, 2.75) is 26.3 Å². The Hall–Kier alpha value is -1.87. The van der Waals surface area contributed by atoms with Gasteiger partial charge in [-0.2, -0.15) is 0 Å². The minimum absolute atomic E-state index is 0.0374. The van der Waals surface area contributed by atoms with Crippen LogP contribution in [0.1, 0.15) is 19.4 Å². The average Bonchev–Trinajstić information content (AvgIpc) is 2.44. The Kier molecular flexibility index (Phi) is 4.74. The summed E-state index contributed by atoms with van der Waals surface area (Å²) in [6.45, 7) is 4.29. The largest absolute Gasteiger partial charge is 0.354 e. The number of benzene rings is 2. The highest BCUT2D eigenvalue weighted by Crippen LogP contribution is 2.21. The number of nitrogens with one attached hydrogen (secondary N) is 1. The first kappa shape index (κ1) is 14.5. The van der Waals surface area contributed by atoms with E-state index in [1.807, 2.05) is 32.0 Å². The van der Waals surface area contributed by atoms with Crippen LogP contribution in [-0.4, -0.2) is 18.5 Å². The van der Waals surface area contributed by atoms with E-state index in [0.717, 1.165) is 0 Å². The van der Waals surface area contributed by atoms with E-state index in [1.54, 1.807) is 0 Å². The normalized spacial score (nSPS) is 12.6. The van der Waals surface area contributed by atoms with E-state index in [1.165, 1.54) is 16.3 Å². The lowest BCUT2D eigenvalue weighted by Crippen LogP contribution is -2.39. The maximum atomic E-state index is 12.1. The topological polar surface area (TPSA) is 55.1 Å². The van der Waals surface area contributed by atoms with Crippen LogP contribution in [0.15, 0.2) is 42.5 Å². The fourth-order valence-corrected chi connectivity index (χ4v) is 2.42. The smallest absolute Gasteiger partial charge is 0.224 e. The summed E-state index contributed by atoms with van der Waals surface area (Å²) < 4.78 is 0. The molecular weight excluding hydrogens is 248 g/mol. The van der Waals surface area contributed by atoms with E-state index in [4.69, 9.17) is 5.73 Å². The lowest BCUT2D eigenvalue weighted by molar-refractivity contribution is -0.125. The van der Waals surface area contributed by atoms with Gasteiger partial charge < -0.3 is 11.1 Å². The summed E-state index contributed by atoms with van der Waals surface area (Å²) in [6.07, 6.45) is 0.677. The number of carbonyl (C=O) groups is 1. The van der Waals surface area contributed by atoms with Crippen LogP contribution in [0.25, 0.3) is 10.8 Å². The third-order valence-corrected chi connectivity index (χ3v) is 3.43. The van der Waals surface area contributed by atoms with Crippen LogP contribution < -0.4 is 11.1 Å². The first-order chi connectivity index (χ1) is 9.61. The lowest BCUT2D eigenvalue weighted by Gasteiger charge is -2.18. The molecule has 0 aliphatic heterocycles. The van der Waals surface area contributed by atoms with Crippen LogP contribution in [0.3, 0.4) is 0 Å². The predicted molar refractivity (Wildman–Crippen MR) is 83.5 cm³/mol. The molecule has 20 heavy (non-hydrogen) atoms. The van der Waals surface area contributed by atoms with Gasteiger partial charge in [0, 0.05) is 12.6 Å². The number of carbonyl (C=O) groups excluding carboxylic acids is 1. The SMILES string of the molecule is CC(C)NC(=O)C(CN)Cc1cccc2ccccc12. The van der Waals surface area contributed by atoms with Gasteiger partial charge in [0.15, 0.2) is 0 Å². The molecule has 106 valence electrons. The average molecular weight is 270 g/mol. The predicted octanol–water partition coefficient (Wildman–Crippen LogP) is 2.48. The lowest BCUT2D eigenvalue weighted by atomic mass is 9.94. The van der Waals surface area contributed by atoms with E-state index < -0.39 is 0 Å². The van der Waals surface area contributed by atoms with Gasteiger partial charge in [-0.15, -0.1) is 0 Å². The minimum atomic E-state index is -0.178. The second kappa shape index (κ2) is 6.53. The molecule has 0 aliphatic rings. The van der Waals surface area contributed by atoms with Crippen molar-refractivity contribution >= 4 is 16.7 Å². The first-order valence-corrected chi connectivity index (χ1v) is 7.09. The first-order valence-electron chi connectivity index (χ1n) is 7.09.